The minimum absolute atomic E-state index is 0.0539. The number of hydrogen-bond donors (Lipinski definition) is 2. The first-order valence-corrected chi connectivity index (χ1v) is 8.97. The molecule has 6 nitrogen and oxygen atoms in total. The molecule has 1 heterocycles. The Morgan fingerprint density at radius 2 is 1.70 bits per heavy atom. The second-order valence-electron chi connectivity index (χ2n) is 7.77. The molecule has 6 heteroatoms. The van der Waals surface area contributed by atoms with E-state index in [9.17, 15) is 9.59 Å². The predicted molar refractivity (Wildman–Crippen MR) is 108 cm³/mol. The van der Waals surface area contributed by atoms with Gasteiger partial charge in [0, 0.05) is 30.5 Å². The van der Waals surface area contributed by atoms with Crippen LogP contribution in [-0.2, 0) is 5.41 Å². The van der Waals surface area contributed by atoms with Crippen molar-refractivity contribution in [1.82, 2.24) is 15.2 Å². The fraction of sp³-hybridized carbons (Fsp3) is 0.381. The largest absolute Gasteiger partial charge is 0.351 e. The Hall–Kier alpha value is -2.73. The fourth-order valence-corrected chi connectivity index (χ4v) is 2.44. The molecule has 144 valence electrons. The number of amides is 2. The lowest BCUT2D eigenvalue weighted by molar-refractivity contribution is 0.0951. The Morgan fingerprint density at radius 3 is 2.30 bits per heavy atom. The number of benzene rings is 1. The Morgan fingerprint density at radius 1 is 1.04 bits per heavy atom. The van der Waals surface area contributed by atoms with E-state index in [1.54, 1.807) is 6.07 Å². The average Bonchev–Trinajstić information content (AvgIpc) is 2.61. The predicted octanol–water partition coefficient (Wildman–Crippen LogP) is 2.92. The van der Waals surface area contributed by atoms with Crippen LogP contribution < -0.4 is 10.6 Å². The first-order chi connectivity index (χ1) is 12.7. The topological polar surface area (TPSA) is 74.3 Å². The minimum atomic E-state index is -0.346. The Labute approximate surface area is 161 Å². The maximum Gasteiger partial charge on any atom is 0.274 e. The molecule has 0 aliphatic carbocycles. The summed E-state index contributed by atoms with van der Waals surface area (Å²) in [5.74, 6) is -0.565. The van der Waals surface area contributed by atoms with Gasteiger partial charge in [-0.1, -0.05) is 32.9 Å². The van der Waals surface area contributed by atoms with Gasteiger partial charge in [-0.2, -0.15) is 0 Å². The third-order valence-corrected chi connectivity index (χ3v) is 4.11. The van der Waals surface area contributed by atoms with E-state index in [0.29, 0.717) is 17.8 Å². The van der Waals surface area contributed by atoms with Crippen molar-refractivity contribution < 1.29 is 9.59 Å². The van der Waals surface area contributed by atoms with Crippen LogP contribution in [0.1, 0.15) is 47.2 Å². The molecule has 0 unspecified atom stereocenters. The van der Waals surface area contributed by atoms with Gasteiger partial charge in [0.15, 0.2) is 0 Å². The third-order valence-electron chi connectivity index (χ3n) is 4.11. The van der Waals surface area contributed by atoms with Crippen molar-refractivity contribution in [2.45, 2.75) is 26.2 Å². The molecule has 2 N–H and O–H groups in total. The fourth-order valence-electron chi connectivity index (χ4n) is 2.44. The monoisotopic (exact) mass is 368 g/mol. The van der Waals surface area contributed by atoms with Crippen molar-refractivity contribution in [3.05, 3.63) is 59.4 Å². The zero-order chi connectivity index (χ0) is 20.0. The van der Waals surface area contributed by atoms with Crippen LogP contribution in [0.25, 0.3) is 0 Å². The number of carbonyl (C=O) groups excluding carboxylic acids is 2. The molecule has 0 atom stereocenters. The van der Waals surface area contributed by atoms with Crippen LogP contribution in [0, 0.1) is 0 Å². The number of nitrogens with zero attached hydrogens (tertiary/aromatic N) is 2. The van der Waals surface area contributed by atoms with Crippen molar-refractivity contribution >= 4 is 17.5 Å². The molecule has 27 heavy (non-hydrogen) atoms. The third kappa shape index (κ3) is 6.18. The summed E-state index contributed by atoms with van der Waals surface area (Å²) in [4.78, 5) is 30.7. The van der Waals surface area contributed by atoms with Crippen LogP contribution in [0.15, 0.2) is 42.6 Å². The second-order valence-corrected chi connectivity index (χ2v) is 7.77. The number of pyridine rings is 1. The highest BCUT2D eigenvalue weighted by molar-refractivity contribution is 6.04. The average molecular weight is 368 g/mol. The first kappa shape index (κ1) is 20.6. The summed E-state index contributed by atoms with van der Waals surface area (Å²) < 4.78 is 0. The molecule has 0 saturated carbocycles. The molecule has 0 saturated heterocycles. The van der Waals surface area contributed by atoms with E-state index in [2.05, 4.69) is 36.4 Å². The van der Waals surface area contributed by atoms with Crippen LogP contribution in [0.3, 0.4) is 0 Å². The first-order valence-electron chi connectivity index (χ1n) is 8.97. The molecule has 2 aromatic rings. The standard InChI is InChI=1S/C21H28N4O2/c1-21(2,3)16-6-8-17(9-7-16)24-20(27)18-14-15(10-11-22-18)19(26)23-12-13-25(4)5/h6-11,14H,12-13H2,1-5H3,(H,23,26)(H,24,27). The smallest absolute Gasteiger partial charge is 0.274 e. The molecule has 0 spiro atoms. The van der Waals surface area contributed by atoms with Gasteiger partial charge in [0.2, 0.25) is 0 Å². The molecule has 0 aliphatic heterocycles. The lowest BCUT2D eigenvalue weighted by atomic mass is 9.87. The van der Waals surface area contributed by atoms with E-state index in [1.165, 1.54) is 17.8 Å². The van der Waals surface area contributed by atoms with E-state index in [-0.39, 0.29) is 22.9 Å². The number of hydrogen-bond acceptors (Lipinski definition) is 4. The molecule has 2 amide bonds. The van der Waals surface area contributed by atoms with Crippen LogP contribution in [0.4, 0.5) is 5.69 Å². The Kier molecular flexibility index (Phi) is 6.69. The number of carbonyl (C=O) groups is 2. The van der Waals surface area contributed by atoms with Gasteiger partial charge in [-0.15, -0.1) is 0 Å². The van der Waals surface area contributed by atoms with Gasteiger partial charge in [-0.05, 0) is 49.3 Å². The van der Waals surface area contributed by atoms with Crippen molar-refractivity contribution in [2.75, 3.05) is 32.5 Å². The lowest BCUT2D eigenvalue weighted by Gasteiger charge is -2.19. The number of rotatable bonds is 6. The minimum Gasteiger partial charge on any atom is -0.351 e. The van der Waals surface area contributed by atoms with Gasteiger partial charge in [-0.3, -0.25) is 14.6 Å². The molecule has 0 aliphatic rings. The molecule has 0 bridgehead atoms. The number of nitrogens with one attached hydrogen (secondary N) is 2. The summed E-state index contributed by atoms with van der Waals surface area (Å²) in [5.41, 5.74) is 2.55. The van der Waals surface area contributed by atoms with Gasteiger partial charge in [-0.25, -0.2) is 0 Å². The maximum absolute atomic E-state index is 12.5. The molecule has 1 aromatic carbocycles. The van der Waals surface area contributed by atoms with Crippen LogP contribution in [0.2, 0.25) is 0 Å². The Bertz CT molecular complexity index is 793. The van der Waals surface area contributed by atoms with Crippen LogP contribution in [-0.4, -0.2) is 48.9 Å². The molecule has 0 radical (unpaired) electrons. The zero-order valence-electron chi connectivity index (χ0n) is 16.7. The van der Waals surface area contributed by atoms with E-state index in [1.807, 2.05) is 43.3 Å². The number of aromatic nitrogens is 1. The van der Waals surface area contributed by atoms with E-state index in [4.69, 9.17) is 0 Å². The van der Waals surface area contributed by atoms with Gasteiger partial charge >= 0.3 is 0 Å². The normalized spacial score (nSPS) is 11.3. The van der Waals surface area contributed by atoms with Gasteiger partial charge < -0.3 is 15.5 Å². The second kappa shape index (κ2) is 8.77. The summed E-state index contributed by atoms with van der Waals surface area (Å²) in [6.45, 7) is 7.70. The molecular formula is C21H28N4O2. The summed E-state index contributed by atoms with van der Waals surface area (Å²) >= 11 is 0. The summed E-state index contributed by atoms with van der Waals surface area (Å²) in [6.07, 6.45) is 1.47. The van der Waals surface area contributed by atoms with E-state index < -0.39 is 0 Å². The Balaban J connectivity index is 2.03. The molecule has 0 fully saturated rings. The SMILES string of the molecule is CN(C)CCNC(=O)c1ccnc(C(=O)Nc2ccc(C(C)(C)C)cc2)c1. The lowest BCUT2D eigenvalue weighted by Crippen LogP contribution is -2.31. The molecule has 1 aromatic heterocycles. The molecule has 2 rings (SSSR count). The van der Waals surface area contributed by atoms with Crippen LogP contribution >= 0.6 is 0 Å². The summed E-state index contributed by atoms with van der Waals surface area (Å²) in [7, 11) is 3.88. The highest BCUT2D eigenvalue weighted by Crippen LogP contribution is 2.23. The summed E-state index contributed by atoms with van der Waals surface area (Å²) in [6, 6.07) is 10.8. The quantitative estimate of drug-likeness (QED) is 0.822. The van der Waals surface area contributed by atoms with Crippen molar-refractivity contribution in [1.29, 1.82) is 0 Å². The zero-order valence-corrected chi connectivity index (χ0v) is 16.7. The van der Waals surface area contributed by atoms with Crippen molar-refractivity contribution in [3.63, 3.8) is 0 Å². The maximum atomic E-state index is 12.5. The van der Waals surface area contributed by atoms with Crippen molar-refractivity contribution in [3.8, 4) is 0 Å². The number of likely N-dealkylation sites (N-methyl/N-ethyl adjacent to an activating group) is 1. The van der Waals surface area contributed by atoms with Gasteiger partial charge in [0.1, 0.15) is 5.69 Å². The summed E-state index contributed by atoms with van der Waals surface area (Å²) in [5, 5.41) is 5.65. The van der Waals surface area contributed by atoms with Gasteiger partial charge in [0.05, 0.1) is 0 Å². The van der Waals surface area contributed by atoms with E-state index >= 15 is 0 Å². The highest BCUT2D eigenvalue weighted by atomic mass is 16.2. The molecular weight excluding hydrogens is 340 g/mol. The van der Waals surface area contributed by atoms with E-state index in [0.717, 1.165) is 6.54 Å². The number of anilines is 1. The van der Waals surface area contributed by atoms with Crippen molar-refractivity contribution in [2.24, 2.45) is 0 Å². The highest BCUT2D eigenvalue weighted by Gasteiger charge is 2.15. The van der Waals surface area contributed by atoms with Gasteiger partial charge in [0.25, 0.3) is 11.8 Å². The van der Waals surface area contributed by atoms with Crippen LogP contribution in [0.5, 0.6) is 0 Å².